The lowest BCUT2D eigenvalue weighted by atomic mass is 9.96. The van der Waals surface area contributed by atoms with Gasteiger partial charge in [0.05, 0.1) is 22.1 Å². The highest BCUT2D eigenvalue weighted by molar-refractivity contribution is 6.28. The zero-order valence-electron chi connectivity index (χ0n) is 25.0. The largest absolute Gasteiger partial charge is 0.289 e. The lowest BCUT2D eigenvalue weighted by molar-refractivity contribution is 0.103. The molecule has 0 bridgehead atoms. The Kier molecular flexibility index (Phi) is 5.16. The Morgan fingerprint density at radius 3 is 1.25 bits per heavy atom. The van der Waals surface area contributed by atoms with Crippen LogP contribution < -0.4 is 11.1 Å². The lowest BCUT2D eigenvalue weighted by Crippen LogP contribution is -2.16. The molecule has 4 aromatic heterocycles. The van der Waals surface area contributed by atoms with Crippen molar-refractivity contribution in [2.24, 2.45) is 0 Å². The second-order valence-corrected chi connectivity index (χ2v) is 12.0. The Labute approximate surface area is 269 Å². The molecule has 224 valence electrons. The Morgan fingerprint density at radius 2 is 0.833 bits per heavy atom. The summed E-state index contributed by atoms with van der Waals surface area (Å²) in [6.45, 7) is 0. The first-order valence-corrected chi connectivity index (χ1v) is 15.4. The molecule has 6 aromatic carbocycles. The Bertz CT molecular complexity index is 2920. The summed E-state index contributed by atoms with van der Waals surface area (Å²) in [5.41, 5.74) is 4.70. The van der Waals surface area contributed by atoms with Crippen molar-refractivity contribution >= 4 is 77.2 Å². The summed E-state index contributed by atoms with van der Waals surface area (Å²) < 4.78 is 3.16. The van der Waals surface area contributed by atoms with Crippen molar-refractivity contribution in [2.75, 3.05) is 0 Å². The Balaban J connectivity index is 1.23. The predicted molar refractivity (Wildman–Crippen MR) is 186 cm³/mol. The molecule has 0 atom stereocenters. The molecule has 0 aliphatic rings. The Hall–Kier alpha value is -6.80. The molecular formula is C40H20N4O4. The predicted octanol–water partition coefficient (Wildman–Crippen LogP) is 6.81. The molecule has 0 fully saturated rings. The number of ketones is 2. The van der Waals surface area contributed by atoms with Crippen molar-refractivity contribution < 1.29 is 9.59 Å². The van der Waals surface area contributed by atoms with Crippen molar-refractivity contribution in [3.63, 3.8) is 0 Å². The minimum Gasteiger partial charge on any atom is -0.289 e. The van der Waals surface area contributed by atoms with Crippen LogP contribution in [0.25, 0.3) is 65.7 Å². The topological polar surface area (TPSA) is 103 Å². The van der Waals surface area contributed by atoms with Gasteiger partial charge in [-0.15, -0.1) is 0 Å². The number of hydrogen-bond acceptors (Lipinski definition) is 6. The first kappa shape index (κ1) is 26.4. The van der Waals surface area contributed by atoms with Gasteiger partial charge >= 0.3 is 0 Å². The van der Waals surface area contributed by atoms with Gasteiger partial charge in [0.25, 0.3) is 11.1 Å². The normalized spacial score (nSPS) is 12.1. The minimum atomic E-state index is -0.263. The van der Waals surface area contributed by atoms with Gasteiger partial charge in [-0.2, -0.15) is 0 Å². The van der Waals surface area contributed by atoms with Crippen LogP contribution in [0.1, 0.15) is 31.8 Å². The fraction of sp³-hybridized carbons (Fsp3) is 0. The Morgan fingerprint density at radius 1 is 0.438 bits per heavy atom. The zero-order valence-corrected chi connectivity index (χ0v) is 25.0. The fourth-order valence-corrected chi connectivity index (χ4v) is 7.19. The summed E-state index contributed by atoms with van der Waals surface area (Å²) >= 11 is 0. The molecule has 0 amide bonds. The lowest BCUT2D eigenvalue weighted by Gasteiger charge is -2.12. The maximum atomic E-state index is 14.1. The number of imidazole rings is 2. The van der Waals surface area contributed by atoms with Gasteiger partial charge in [0.2, 0.25) is 0 Å². The van der Waals surface area contributed by atoms with E-state index < -0.39 is 0 Å². The summed E-state index contributed by atoms with van der Waals surface area (Å²) in [7, 11) is 0. The first-order chi connectivity index (χ1) is 23.5. The number of nitrogens with zero attached hydrogens (tertiary/aromatic N) is 4. The van der Waals surface area contributed by atoms with Crippen LogP contribution in [0.3, 0.4) is 0 Å². The number of fused-ring (bicyclic) bond motifs is 8. The third-order valence-electron chi connectivity index (χ3n) is 9.41. The molecule has 0 saturated carbocycles. The molecule has 0 saturated heterocycles. The second kappa shape index (κ2) is 9.37. The van der Waals surface area contributed by atoms with Gasteiger partial charge in [-0.3, -0.25) is 28.0 Å². The van der Waals surface area contributed by atoms with E-state index in [1.54, 1.807) is 81.6 Å². The van der Waals surface area contributed by atoms with Crippen LogP contribution in [-0.2, 0) is 0 Å². The summed E-state index contributed by atoms with van der Waals surface area (Å²) in [6.07, 6.45) is 0. The van der Waals surface area contributed by atoms with Crippen LogP contribution in [0.5, 0.6) is 0 Å². The first-order valence-electron chi connectivity index (χ1n) is 15.4. The van der Waals surface area contributed by atoms with E-state index in [0.29, 0.717) is 87.9 Å². The van der Waals surface area contributed by atoms with Gasteiger partial charge < -0.3 is 0 Å². The van der Waals surface area contributed by atoms with Crippen molar-refractivity contribution in [3.8, 4) is 0 Å². The molecule has 48 heavy (non-hydrogen) atoms. The number of aromatic nitrogens is 4. The quantitative estimate of drug-likeness (QED) is 0.158. The number of benzene rings is 6. The standard InChI is InChI=1S/C40H20N4O4/c45-35(21-7-3-1-4-8-21)23-11-17-31-29(19-23)41-37-25-13-15-28-34-26(14-16-27(33(25)34)39(47)43(31)37)38-42-30-20-24(12-18-32(30)44(38)40(28)48)36(46)22-9-5-2-6-10-22/h1-20H. The van der Waals surface area contributed by atoms with E-state index in [4.69, 9.17) is 9.97 Å². The molecule has 4 heterocycles. The van der Waals surface area contributed by atoms with Crippen LogP contribution in [0.2, 0.25) is 0 Å². The van der Waals surface area contributed by atoms with Gasteiger partial charge in [-0.25, -0.2) is 9.97 Å². The molecule has 8 nitrogen and oxygen atoms in total. The van der Waals surface area contributed by atoms with E-state index in [-0.39, 0.29) is 22.7 Å². The molecule has 10 aromatic rings. The maximum Gasteiger partial charge on any atom is 0.264 e. The molecule has 0 N–H and O–H groups in total. The highest BCUT2D eigenvalue weighted by Crippen LogP contribution is 2.37. The van der Waals surface area contributed by atoms with Crippen LogP contribution in [-0.4, -0.2) is 30.3 Å². The third-order valence-corrected chi connectivity index (χ3v) is 9.41. The van der Waals surface area contributed by atoms with E-state index in [1.807, 2.05) is 48.5 Å². The van der Waals surface area contributed by atoms with Gasteiger partial charge in [0.1, 0.15) is 11.3 Å². The van der Waals surface area contributed by atoms with Crippen molar-refractivity contribution in [2.45, 2.75) is 0 Å². The SMILES string of the molecule is O=C(c1ccccc1)c1ccc2c(c1)nc1c3ccc4c(=O)n5c6ccc(C(=O)c7ccccc7)cc6nc5c5ccc(c(=O)n21)c3c45. The number of hydrogen-bond donors (Lipinski definition) is 0. The average Bonchev–Trinajstić information content (AvgIpc) is 3.72. The van der Waals surface area contributed by atoms with Gasteiger partial charge in [0, 0.05) is 54.6 Å². The minimum absolute atomic E-state index is 0.130. The number of carbonyl (C=O) groups is 2. The molecule has 0 aliphatic carbocycles. The van der Waals surface area contributed by atoms with E-state index in [0.717, 1.165) is 0 Å². The van der Waals surface area contributed by atoms with Gasteiger partial charge in [-0.05, 0) is 60.7 Å². The van der Waals surface area contributed by atoms with E-state index in [1.165, 1.54) is 0 Å². The van der Waals surface area contributed by atoms with Crippen molar-refractivity contribution in [1.82, 2.24) is 18.8 Å². The van der Waals surface area contributed by atoms with Crippen molar-refractivity contribution in [3.05, 3.63) is 164 Å². The third kappa shape index (κ3) is 3.43. The van der Waals surface area contributed by atoms with Crippen LogP contribution >= 0.6 is 0 Å². The maximum absolute atomic E-state index is 14.1. The number of rotatable bonds is 4. The van der Waals surface area contributed by atoms with Gasteiger partial charge in [-0.1, -0.05) is 60.7 Å². The number of carbonyl (C=O) groups excluding carboxylic acids is 2. The van der Waals surface area contributed by atoms with Crippen molar-refractivity contribution in [1.29, 1.82) is 0 Å². The fourth-order valence-electron chi connectivity index (χ4n) is 7.19. The highest BCUT2D eigenvalue weighted by atomic mass is 16.1. The van der Waals surface area contributed by atoms with E-state index >= 15 is 0 Å². The molecule has 8 heteroatoms. The highest BCUT2D eigenvalue weighted by Gasteiger charge is 2.23. The second-order valence-electron chi connectivity index (χ2n) is 12.0. The van der Waals surface area contributed by atoms with Crippen LogP contribution in [0.4, 0.5) is 0 Å². The monoisotopic (exact) mass is 620 g/mol. The van der Waals surface area contributed by atoms with Crippen LogP contribution in [0, 0.1) is 0 Å². The average molecular weight is 621 g/mol. The molecule has 0 unspecified atom stereocenters. The van der Waals surface area contributed by atoms with E-state index in [9.17, 15) is 19.2 Å². The molecular weight excluding hydrogens is 600 g/mol. The summed E-state index contributed by atoms with van der Waals surface area (Å²) in [6, 6.07) is 35.7. The molecule has 0 radical (unpaired) electrons. The molecule has 0 spiro atoms. The molecule has 10 rings (SSSR count). The van der Waals surface area contributed by atoms with Crippen LogP contribution in [0.15, 0.2) is 131 Å². The summed E-state index contributed by atoms with van der Waals surface area (Å²) in [5.74, 6) is -0.260. The summed E-state index contributed by atoms with van der Waals surface area (Å²) in [5, 5.41) is 3.62. The summed E-state index contributed by atoms with van der Waals surface area (Å²) in [4.78, 5) is 64.4. The molecule has 0 aliphatic heterocycles. The van der Waals surface area contributed by atoms with Gasteiger partial charge in [0.15, 0.2) is 11.6 Å². The number of pyridine rings is 2. The van der Waals surface area contributed by atoms with E-state index in [2.05, 4.69) is 0 Å². The smallest absolute Gasteiger partial charge is 0.264 e. The zero-order chi connectivity index (χ0) is 32.3.